The Kier molecular flexibility index (Phi) is 7.57. The number of hydrogen-bond acceptors (Lipinski definition) is 9. The molecule has 1 aliphatic rings. The van der Waals surface area contributed by atoms with Gasteiger partial charge in [-0.2, -0.15) is 0 Å². The van der Waals surface area contributed by atoms with E-state index < -0.39 is 0 Å². The number of carbonyl (C=O) groups is 2. The van der Waals surface area contributed by atoms with Gasteiger partial charge < -0.3 is 29.5 Å². The molecule has 0 unspecified atom stereocenters. The van der Waals surface area contributed by atoms with Crippen LogP contribution in [0.15, 0.2) is 70.2 Å². The topological polar surface area (TPSA) is 130 Å². The summed E-state index contributed by atoms with van der Waals surface area (Å²) in [6.45, 7) is 2.11. The molecule has 11 nitrogen and oxygen atoms in total. The van der Waals surface area contributed by atoms with Gasteiger partial charge in [0.2, 0.25) is 11.8 Å². The van der Waals surface area contributed by atoms with Gasteiger partial charge in [0.15, 0.2) is 11.6 Å². The molecule has 1 saturated heterocycles. The molecule has 0 spiro atoms. The van der Waals surface area contributed by atoms with Crippen LogP contribution in [0.3, 0.4) is 0 Å². The van der Waals surface area contributed by atoms with Gasteiger partial charge in [-0.15, -0.1) is 0 Å². The third-order valence-electron chi connectivity index (χ3n) is 6.18. The van der Waals surface area contributed by atoms with Crippen molar-refractivity contribution >= 4 is 23.3 Å². The van der Waals surface area contributed by atoms with Crippen LogP contribution in [0.25, 0.3) is 11.3 Å². The fourth-order valence-electron chi connectivity index (χ4n) is 4.17. The van der Waals surface area contributed by atoms with Gasteiger partial charge in [0.1, 0.15) is 17.8 Å². The monoisotopic (exact) mass is 519 g/mol. The van der Waals surface area contributed by atoms with Crippen molar-refractivity contribution < 1.29 is 23.0 Å². The minimum absolute atomic E-state index is 0.0735. The summed E-state index contributed by atoms with van der Waals surface area (Å²) in [6.07, 6.45) is 4.88. The maximum Gasteiger partial charge on any atom is 0.242 e. The van der Waals surface area contributed by atoms with Crippen molar-refractivity contribution in [3.8, 4) is 11.3 Å². The number of rotatable bonds is 9. The predicted octanol–water partition coefficient (Wildman–Crippen LogP) is 2.48. The van der Waals surface area contributed by atoms with E-state index in [9.17, 15) is 9.59 Å². The molecule has 1 aliphatic heterocycles. The summed E-state index contributed by atoms with van der Waals surface area (Å²) in [6, 6.07) is 11.9. The molecule has 196 valence electrons. The number of aromatic nitrogens is 3. The first kappa shape index (κ1) is 24.9. The molecule has 1 aromatic carbocycles. The average molecular weight is 520 g/mol. The molecule has 12 heteroatoms. The van der Waals surface area contributed by atoms with Crippen LogP contribution < -0.4 is 15.5 Å². The van der Waals surface area contributed by atoms with Gasteiger partial charge in [-0.3, -0.25) is 14.6 Å². The summed E-state index contributed by atoms with van der Waals surface area (Å²) in [5.74, 6) is 0.361. The molecule has 4 aromatic rings. The lowest BCUT2D eigenvalue weighted by molar-refractivity contribution is -0.133. The van der Waals surface area contributed by atoms with E-state index in [0.717, 1.165) is 5.56 Å². The zero-order valence-electron chi connectivity index (χ0n) is 20.5. The van der Waals surface area contributed by atoms with Gasteiger partial charge in [-0.05, 0) is 23.8 Å². The van der Waals surface area contributed by atoms with Crippen molar-refractivity contribution in [3.05, 3.63) is 78.3 Å². The first-order valence-corrected chi connectivity index (χ1v) is 12.1. The van der Waals surface area contributed by atoms with Crippen LogP contribution in [0.4, 0.5) is 15.9 Å². The molecule has 4 heterocycles. The van der Waals surface area contributed by atoms with Crippen LogP contribution in [0.5, 0.6) is 0 Å². The van der Waals surface area contributed by atoms with Crippen LogP contribution in [0.1, 0.15) is 11.3 Å². The average Bonchev–Trinajstić information content (AvgIpc) is 3.64. The fourth-order valence-corrected chi connectivity index (χ4v) is 4.17. The van der Waals surface area contributed by atoms with Crippen molar-refractivity contribution in [1.82, 2.24) is 25.5 Å². The normalized spacial score (nSPS) is 13.4. The number of amides is 2. The number of anilines is 2. The summed E-state index contributed by atoms with van der Waals surface area (Å²) in [5.41, 5.74) is 2.36. The van der Waals surface area contributed by atoms with Gasteiger partial charge in [-0.1, -0.05) is 22.4 Å². The van der Waals surface area contributed by atoms with Gasteiger partial charge in [0, 0.05) is 56.3 Å². The number of benzene rings is 1. The lowest BCUT2D eigenvalue weighted by atomic mass is 10.1. The highest BCUT2D eigenvalue weighted by Gasteiger charge is 2.23. The molecule has 2 N–H and O–H groups in total. The summed E-state index contributed by atoms with van der Waals surface area (Å²) < 4.78 is 25.1. The molecule has 0 bridgehead atoms. The zero-order chi connectivity index (χ0) is 26.3. The number of nitrogens with zero attached hydrogens (tertiary/aromatic N) is 5. The van der Waals surface area contributed by atoms with Crippen molar-refractivity contribution in [3.63, 3.8) is 0 Å². The van der Waals surface area contributed by atoms with Crippen LogP contribution in [0.2, 0.25) is 0 Å². The van der Waals surface area contributed by atoms with Crippen LogP contribution >= 0.6 is 0 Å². The number of hydrogen-bond donors (Lipinski definition) is 2. The quantitative estimate of drug-likeness (QED) is 0.343. The van der Waals surface area contributed by atoms with E-state index in [2.05, 4.69) is 25.9 Å². The number of piperazine rings is 1. The summed E-state index contributed by atoms with van der Waals surface area (Å²) in [7, 11) is 0. The molecule has 5 rings (SSSR count). The zero-order valence-corrected chi connectivity index (χ0v) is 20.5. The maximum absolute atomic E-state index is 15.0. The van der Waals surface area contributed by atoms with E-state index in [1.165, 1.54) is 12.3 Å². The van der Waals surface area contributed by atoms with Gasteiger partial charge >= 0.3 is 0 Å². The Balaban J connectivity index is 1.10. The second-order valence-corrected chi connectivity index (χ2v) is 8.77. The lowest BCUT2D eigenvalue weighted by Gasteiger charge is -2.36. The Bertz CT molecular complexity index is 1370. The molecule has 3 aromatic heterocycles. The van der Waals surface area contributed by atoms with E-state index in [1.807, 2.05) is 11.0 Å². The van der Waals surface area contributed by atoms with Crippen molar-refractivity contribution in [1.29, 1.82) is 0 Å². The van der Waals surface area contributed by atoms with Crippen LogP contribution in [-0.4, -0.2) is 64.7 Å². The molecular formula is C26H26FN7O4. The number of nitrogens with one attached hydrogen (secondary N) is 2. The molecule has 0 aliphatic carbocycles. The van der Waals surface area contributed by atoms with E-state index in [1.54, 1.807) is 47.6 Å². The van der Waals surface area contributed by atoms with Gasteiger partial charge in [0.25, 0.3) is 0 Å². The second kappa shape index (κ2) is 11.5. The van der Waals surface area contributed by atoms with Gasteiger partial charge in [-0.25, -0.2) is 4.39 Å². The van der Waals surface area contributed by atoms with Crippen LogP contribution in [-0.2, 0) is 22.6 Å². The first-order valence-electron chi connectivity index (χ1n) is 12.1. The van der Waals surface area contributed by atoms with E-state index >= 15 is 4.39 Å². The van der Waals surface area contributed by atoms with Crippen molar-refractivity contribution in [2.45, 2.75) is 13.0 Å². The third-order valence-corrected chi connectivity index (χ3v) is 6.18. The highest BCUT2D eigenvalue weighted by Crippen LogP contribution is 2.27. The van der Waals surface area contributed by atoms with E-state index in [0.29, 0.717) is 61.2 Å². The summed E-state index contributed by atoms with van der Waals surface area (Å²) in [5, 5.41) is 13.5. The molecule has 0 atom stereocenters. The lowest BCUT2D eigenvalue weighted by Crippen LogP contribution is -2.51. The second-order valence-electron chi connectivity index (χ2n) is 8.77. The largest absolute Gasteiger partial charge is 0.366 e. The number of carbonyl (C=O) groups excluding carboxylic acids is 2. The Hall–Kier alpha value is -4.74. The standard InChI is InChI=1S/C26H26FN7O4/c27-21-13-19(22-14-20(38-31-22)16-29-24-5-11-37-32-24)3-4-23(21)33-7-9-34(10-8-33)26(36)17-30-25(35)12-18-2-1-6-28-15-18/h1-6,11,13-15H,7-10,12,16-17H2,(H,29,32)(H,30,35). The highest BCUT2D eigenvalue weighted by molar-refractivity contribution is 5.85. The molecule has 38 heavy (non-hydrogen) atoms. The summed E-state index contributed by atoms with van der Waals surface area (Å²) >= 11 is 0. The number of pyridine rings is 1. The molecule has 0 saturated carbocycles. The van der Waals surface area contributed by atoms with E-state index in [4.69, 9.17) is 9.05 Å². The Labute approximate surface area is 217 Å². The third kappa shape index (κ3) is 6.14. The van der Waals surface area contributed by atoms with Gasteiger partial charge in [0.05, 0.1) is 25.2 Å². The molecule has 2 amide bonds. The molecule has 1 fully saturated rings. The van der Waals surface area contributed by atoms with E-state index in [-0.39, 0.29) is 30.6 Å². The maximum atomic E-state index is 15.0. The minimum atomic E-state index is -0.379. The van der Waals surface area contributed by atoms with Crippen molar-refractivity contribution in [2.75, 3.05) is 42.9 Å². The molecule has 0 radical (unpaired) electrons. The highest BCUT2D eigenvalue weighted by atomic mass is 19.1. The summed E-state index contributed by atoms with van der Waals surface area (Å²) in [4.78, 5) is 32.2. The first-order chi connectivity index (χ1) is 18.5. The Morgan fingerprint density at radius 3 is 2.66 bits per heavy atom. The Morgan fingerprint density at radius 2 is 1.92 bits per heavy atom. The Morgan fingerprint density at radius 1 is 1.05 bits per heavy atom. The minimum Gasteiger partial charge on any atom is -0.366 e. The van der Waals surface area contributed by atoms with Crippen LogP contribution in [0, 0.1) is 5.82 Å². The predicted molar refractivity (Wildman–Crippen MR) is 135 cm³/mol. The fraction of sp³-hybridized carbons (Fsp3) is 0.269. The molecular weight excluding hydrogens is 493 g/mol. The van der Waals surface area contributed by atoms with Crippen molar-refractivity contribution in [2.24, 2.45) is 0 Å². The smallest absolute Gasteiger partial charge is 0.242 e. The number of halogens is 1. The SMILES string of the molecule is O=C(Cc1cccnc1)NCC(=O)N1CCN(c2ccc(-c3cc(CNc4ccon4)on3)cc2F)CC1.